The molecule has 0 saturated heterocycles. The quantitative estimate of drug-likeness (QED) is 0.730. The summed E-state index contributed by atoms with van der Waals surface area (Å²) in [6.45, 7) is 4.27. The van der Waals surface area contributed by atoms with Crippen molar-refractivity contribution in [2.75, 3.05) is 6.54 Å². The molecule has 2 N–H and O–H groups in total. The smallest absolute Gasteiger partial charge is 0.241 e. The standard InChI is InChI=1S/C19H15F3N2OS.C3H9N/c1-11(25)24-19(8-2-3-12-4-6-14(20)10-15(12)19)26-18(23-24)13-5-7-16(21)17(22)9-13;1-2-3-4/h4-7,9-10H,2-3,8H2,1H3;2-4H2,1H3. The first-order valence-electron chi connectivity index (χ1n) is 9.85. The molecule has 1 aliphatic heterocycles. The van der Waals surface area contributed by atoms with Crippen molar-refractivity contribution >= 4 is 22.7 Å². The lowest BCUT2D eigenvalue weighted by Crippen LogP contribution is -2.42. The summed E-state index contributed by atoms with van der Waals surface area (Å²) in [6.07, 6.45) is 3.31. The molecule has 1 unspecified atom stereocenters. The van der Waals surface area contributed by atoms with Crippen LogP contribution in [0.3, 0.4) is 0 Å². The van der Waals surface area contributed by atoms with E-state index in [1.807, 2.05) is 0 Å². The van der Waals surface area contributed by atoms with Crippen LogP contribution in [-0.4, -0.2) is 22.5 Å². The Balaban J connectivity index is 0.000000589. The molecule has 1 atom stereocenters. The molecular formula is C22H24F3N3OS. The topological polar surface area (TPSA) is 58.7 Å². The summed E-state index contributed by atoms with van der Waals surface area (Å²) in [5.41, 5.74) is 7.10. The maximum absolute atomic E-state index is 13.9. The number of nitrogens with two attached hydrogens (primary N) is 1. The van der Waals surface area contributed by atoms with Gasteiger partial charge in [0, 0.05) is 12.5 Å². The maximum Gasteiger partial charge on any atom is 0.241 e. The number of fused-ring (bicyclic) bond motifs is 2. The number of benzene rings is 2. The van der Waals surface area contributed by atoms with Crippen LogP contribution in [0.4, 0.5) is 13.2 Å². The predicted molar refractivity (Wildman–Crippen MR) is 113 cm³/mol. The zero-order valence-electron chi connectivity index (χ0n) is 16.9. The Morgan fingerprint density at radius 1 is 1.20 bits per heavy atom. The van der Waals surface area contributed by atoms with Crippen LogP contribution in [0.25, 0.3) is 0 Å². The third-order valence-electron chi connectivity index (χ3n) is 5.01. The molecule has 1 heterocycles. The van der Waals surface area contributed by atoms with Gasteiger partial charge < -0.3 is 5.73 Å². The summed E-state index contributed by atoms with van der Waals surface area (Å²) >= 11 is 1.29. The Labute approximate surface area is 178 Å². The predicted octanol–water partition coefficient (Wildman–Crippen LogP) is 4.91. The largest absolute Gasteiger partial charge is 0.330 e. The first-order chi connectivity index (χ1) is 14.3. The van der Waals surface area contributed by atoms with Gasteiger partial charge in [0.05, 0.1) is 0 Å². The molecule has 1 aliphatic carbocycles. The van der Waals surface area contributed by atoms with Gasteiger partial charge in [-0.2, -0.15) is 5.10 Å². The van der Waals surface area contributed by atoms with Crippen LogP contribution in [0.1, 0.15) is 49.8 Å². The Hall–Kier alpha value is -2.32. The zero-order chi connectivity index (χ0) is 21.9. The molecule has 0 aromatic heterocycles. The fraction of sp³-hybridized carbons (Fsp3) is 0.364. The molecule has 2 aromatic carbocycles. The minimum Gasteiger partial charge on any atom is -0.330 e. The van der Waals surface area contributed by atoms with Gasteiger partial charge in [-0.1, -0.05) is 24.8 Å². The van der Waals surface area contributed by atoms with Crippen LogP contribution in [0.5, 0.6) is 0 Å². The summed E-state index contributed by atoms with van der Waals surface area (Å²) in [5.74, 6) is -2.58. The summed E-state index contributed by atoms with van der Waals surface area (Å²) in [6, 6.07) is 8.11. The number of aryl methyl sites for hydroxylation is 1. The summed E-state index contributed by atoms with van der Waals surface area (Å²) in [4.78, 5) is 11.4. The highest BCUT2D eigenvalue weighted by Crippen LogP contribution is 2.53. The molecule has 0 bridgehead atoms. The molecular weight excluding hydrogens is 411 g/mol. The van der Waals surface area contributed by atoms with Gasteiger partial charge in [-0.3, -0.25) is 4.79 Å². The van der Waals surface area contributed by atoms with Crippen molar-refractivity contribution in [1.29, 1.82) is 0 Å². The van der Waals surface area contributed by atoms with E-state index in [4.69, 9.17) is 5.73 Å². The average Bonchev–Trinajstić information content (AvgIpc) is 3.11. The van der Waals surface area contributed by atoms with Gasteiger partial charge in [0.1, 0.15) is 15.7 Å². The van der Waals surface area contributed by atoms with Gasteiger partial charge in [0.2, 0.25) is 5.91 Å². The van der Waals surface area contributed by atoms with E-state index in [1.165, 1.54) is 41.9 Å². The number of hydrogen-bond donors (Lipinski definition) is 1. The number of carbonyl (C=O) groups is 1. The van der Waals surface area contributed by atoms with E-state index in [2.05, 4.69) is 12.0 Å². The van der Waals surface area contributed by atoms with Crippen molar-refractivity contribution in [3.05, 3.63) is 70.5 Å². The highest BCUT2D eigenvalue weighted by atomic mass is 32.2. The fourth-order valence-electron chi connectivity index (χ4n) is 3.58. The van der Waals surface area contributed by atoms with Crippen LogP contribution in [0, 0.1) is 17.5 Å². The molecule has 8 heteroatoms. The van der Waals surface area contributed by atoms with Crippen LogP contribution >= 0.6 is 11.8 Å². The van der Waals surface area contributed by atoms with E-state index < -0.39 is 16.5 Å². The molecule has 2 aliphatic rings. The lowest BCUT2D eigenvalue weighted by molar-refractivity contribution is -0.132. The van der Waals surface area contributed by atoms with Gasteiger partial charge in [0.25, 0.3) is 0 Å². The lowest BCUT2D eigenvalue weighted by atomic mass is 9.86. The maximum atomic E-state index is 13.9. The van der Waals surface area contributed by atoms with Crippen LogP contribution in [-0.2, 0) is 16.1 Å². The molecule has 1 spiro atoms. The number of amides is 1. The molecule has 160 valence electrons. The second-order valence-electron chi connectivity index (χ2n) is 7.20. The highest BCUT2D eigenvalue weighted by Gasteiger charge is 2.50. The molecule has 0 saturated carbocycles. The van der Waals surface area contributed by atoms with Gasteiger partial charge in [-0.15, -0.1) is 0 Å². The van der Waals surface area contributed by atoms with Gasteiger partial charge >= 0.3 is 0 Å². The summed E-state index contributed by atoms with van der Waals surface area (Å²) in [7, 11) is 0. The van der Waals surface area contributed by atoms with E-state index in [1.54, 1.807) is 6.07 Å². The number of nitrogens with zero attached hydrogens (tertiary/aromatic N) is 2. The van der Waals surface area contributed by atoms with Crippen LogP contribution < -0.4 is 5.73 Å². The van der Waals surface area contributed by atoms with E-state index >= 15 is 0 Å². The van der Waals surface area contributed by atoms with E-state index in [0.717, 1.165) is 43.5 Å². The summed E-state index contributed by atoms with van der Waals surface area (Å²) in [5, 5.41) is 6.15. The van der Waals surface area contributed by atoms with Gasteiger partial charge in [0.15, 0.2) is 11.6 Å². The molecule has 2 aromatic rings. The average molecular weight is 436 g/mol. The number of carbonyl (C=O) groups excluding carboxylic acids is 1. The second kappa shape index (κ2) is 9.22. The van der Waals surface area contributed by atoms with Gasteiger partial charge in [-0.05, 0) is 73.7 Å². The molecule has 4 nitrogen and oxygen atoms in total. The number of rotatable bonds is 2. The highest BCUT2D eigenvalue weighted by molar-refractivity contribution is 8.15. The molecule has 0 radical (unpaired) electrons. The SMILES string of the molecule is CC(=O)N1N=C(c2ccc(F)c(F)c2)SC12CCCc1ccc(F)cc12.CCCN. The van der Waals surface area contributed by atoms with Gasteiger partial charge in [-0.25, -0.2) is 18.2 Å². The minimum absolute atomic E-state index is 0.285. The normalized spacial score (nSPS) is 19.8. The Morgan fingerprint density at radius 2 is 1.93 bits per heavy atom. The number of hydrazone groups is 1. The molecule has 0 fully saturated rings. The molecule has 4 rings (SSSR count). The number of hydrogen-bond acceptors (Lipinski definition) is 4. The van der Waals surface area contributed by atoms with Crippen molar-refractivity contribution in [1.82, 2.24) is 5.01 Å². The number of thioether (sulfide) groups is 1. The first-order valence-corrected chi connectivity index (χ1v) is 10.7. The Bertz CT molecular complexity index is 980. The van der Waals surface area contributed by atoms with Crippen LogP contribution in [0.2, 0.25) is 0 Å². The third-order valence-corrected chi connectivity index (χ3v) is 6.45. The van der Waals surface area contributed by atoms with Crippen molar-refractivity contribution < 1.29 is 18.0 Å². The minimum atomic E-state index is -0.976. The van der Waals surface area contributed by atoms with E-state index in [-0.39, 0.29) is 11.7 Å². The van der Waals surface area contributed by atoms with E-state index in [9.17, 15) is 18.0 Å². The fourth-order valence-corrected chi connectivity index (χ4v) is 5.06. The zero-order valence-corrected chi connectivity index (χ0v) is 17.7. The number of halogens is 3. The monoisotopic (exact) mass is 435 g/mol. The third kappa shape index (κ3) is 4.25. The lowest BCUT2D eigenvalue weighted by Gasteiger charge is -2.39. The van der Waals surface area contributed by atoms with Crippen molar-refractivity contribution in [2.45, 2.75) is 44.4 Å². The van der Waals surface area contributed by atoms with E-state index in [0.29, 0.717) is 22.6 Å². The Morgan fingerprint density at radius 3 is 2.57 bits per heavy atom. The second-order valence-corrected chi connectivity index (χ2v) is 8.46. The first kappa shape index (κ1) is 22.4. The molecule has 30 heavy (non-hydrogen) atoms. The van der Waals surface area contributed by atoms with Crippen molar-refractivity contribution in [2.24, 2.45) is 10.8 Å². The Kier molecular flexibility index (Phi) is 6.88. The van der Waals surface area contributed by atoms with Crippen molar-refractivity contribution in [3.8, 4) is 0 Å². The molecule has 1 amide bonds. The van der Waals surface area contributed by atoms with Crippen molar-refractivity contribution in [3.63, 3.8) is 0 Å². The van der Waals surface area contributed by atoms with Crippen LogP contribution in [0.15, 0.2) is 41.5 Å². The summed E-state index contributed by atoms with van der Waals surface area (Å²) < 4.78 is 40.8.